The van der Waals surface area contributed by atoms with Gasteiger partial charge in [-0.15, -0.1) is 0 Å². The van der Waals surface area contributed by atoms with Gasteiger partial charge in [-0.05, 0) is 42.7 Å². The van der Waals surface area contributed by atoms with Gasteiger partial charge >= 0.3 is 0 Å². The first-order chi connectivity index (χ1) is 10.6. The lowest BCUT2D eigenvalue weighted by molar-refractivity contribution is -0.128. The molecule has 2 aromatic carbocycles. The molecule has 2 aromatic rings. The van der Waals surface area contributed by atoms with Crippen molar-refractivity contribution in [3.63, 3.8) is 0 Å². The smallest absolute Gasteiger partial charge is 0.261 e. The van der Waals surface area contributed by atoms with Crippen molar-refractivity contribution >= 4 is 16.7 Å². The van der Waals surface area contributed by atoms with Crippen LogP contribution >= 0.6 is 0 Å². The molecule has 0 heterocycles. The Labute approximate surface area is 132 Å². The lowest BCUT2D eigenvalue weighted by Crippen LogP contribution is -2.42. The van der Waals surface area contributed by atoms with Crippen molar-refractivity contribution in [3.8, 4) is 5.75 Å². The zero-order valence-corrected chi connectivity index (χ0v) is 13.6. The summed E-state index contributed by atoms with van der Waals surface area (Å²) in [5, 5.41) is 5.32. The molecule has 0 aliphatic heterocycles. The summed E-state index contributed by atoms with van der Waals surface area (Å²) in [6, 6.07) is 14.3. The Morgan fingerprint density at radius 3 is 2.55 bits per heavy atom. The molecule has 1 amide bonds. The lowest BCUT2D eigenvalue weighted by atomic mass is 10.1. The predicted molar refractivity (Wildman–Crippen MR) is 91.2 cm³/mol. The van der Waals surface area contributed by atoms with Crippen molar-refractivity contribution in [1.29, 1.82) is 0 Å². The average Bonchev–Trinajstić information content (AvgIpc) is 2.52. The monoisotopic (exact) mass is 299 g/mol. The predicted octanol–water partition coefficient (Wildman–Crippen LogP) is 4.30. The van der Waals surface area contributed by atoms with Gasteiger partial charge in [0.05, 0.1) is 0 Å². The second-order valence-corrected chi connectivity index (χ2v) is 5.72. The maximum Gasteiger partial charge on any atom is 0.261 e. The van der Waals surface area contributed by atoms with Crippen molar-refractivity contribution in [2.24, 2.45) is 0 Å². The molecule has 0 saturated carbocycles. The zero-order chi connectivity index (χ0) is 15.9. The van der Waals surface area contributed by atoms with E-state index in [4.69, 9.17) is 4.74 Å². The molecule has 2 unspecified atom stereocenters. The van der Waals surface area contributed by atoms with Crippen LogP contribution in [0.15, 0.2) is 42.5 Å². The summed E-state index contributed by atoms with van der Waals surface area (Å²) < 4.78 is 5.90. The van der Waals surface area contributed by atoms with Crippen LogP contribution in [0.5, 0.6) is 5.75 Å². The quantitative estimate of drug-likeness (QED) is 0.827. The molecule has 1 N–H and O–H groups in total. The number of rotatable bonds is 7. The number of hydrogen-bond donors (Lipinski definition) is 1. The van der Waals surface area contributed by atoms with E-state index in [9.17, 15) is 4.79 Å². The van der Waals surface area contributed by atoms with Gasteiger partial charge in [-0.2, -0.15) is 0 Å². The van der Waals surface area contributed by atoms with Crippen molar-refractivity contribution in [3.05, 3.63) is 42.5 Å². The molecule has 0 fully saturated rings. The molecule has 3 heteroatoms. The van der Waals surface area contributed by atoms with E-state index in [-0.39, 0.29) is 11.9 Å². The first kappa shape index (κ1) is 16.3. The summed E-state index contributed by atoms with van der Waals surface area (Å²) in [6.45, 7) is 6.12. The molecule has 3 nitrogen and oxygen atoms in total. The van der Waals surface area contributed by atoms with E-state index in [1.807, 2.05) is 50.2 Å². The number of fused-ring (bicyclic) bond motifs is 1. The molecule has 0 saturated heterocycles. The van der Waals surface area contributed by atoms with Crippen LogP contribution in [0.1, 0.15) is 40.0 Å². The van der Waals surface area contributed by atoms with Crippen LogP contribution in [0.25, 0.3) is 10.8 Å². The number of ether oxygens (including phenoxy) is 1. The van der Waals surface area contributed by atoms with E-state index >= 15 is 0 Å². The van der Waals surface area contributed by atoms with Crippen LogP contribution in [0.4, 0.5) is 0 Å². The van der Waals surface area contributed by atoms with E-state index in [0.29, 0.717) is 6.42 Å². The number of amides is 1. The Morgan fingerprint density at radius 1 is 1.14 bits per heavy atom. The van der Waals surface area contributed by atoms with Gasteiger partial charge in [-0.25, -0.2) is 0 Å². The first-order valence-electron chi connectivity index (χ1n) is 8.09. The molecule has 0 aliphatic carbocycles. The van der Waals surface area contributed by atoms with Gasteiger partial charge in [0.2, 0.25) is 0 Å². The summed E-state index contributed by atoms with van der Waals surface area (Å²) in [5.74, 6) is 0.709. The minimum absolute atomic E-state index is 0.0309. The van der Waals surface area contributed by atoms with Crippen LogP contribution in [0.3, 0.4) is 0 Å². The maximum absolute atomic E-state index is 12.3. The summed E-state index contributed by atoms with van der Waals surface area (Å²) in [6.07, 6.45) is 2.25. The van der Waals surface area contributed by atoms with Gasteiger partial charge in [0, 0.05) is 6.04 Å². The Morgan fingerprint density at radius 2 is 1.86 bits per heavy atom. The molecular formula is C19H25NO2. The average molecular weight is 299 g/mol. The molecule has 0 bridgehead atoms. The summed E-state index contributed by atoms with van der Waals surface area (Å²) in [4.78, 5) is 12.3. The van der Waals surface area contributed by atoms with Gasteiger partial charge < -0.3 is 10.1 Å². The molecule has 2 rings (SSSR count). The van der Waals surface area contributed by atoms with Crippen molar-refractivity contribution in [1.82, 2.24) is 5.32 Å². The fourth-order valence-corrected chi connectivity index (χ4v) is 2.57. The Bertz CT molecular complexity index is 624. The molecule has 118 valence electrons. The Hall–Kier alpha value is -2.03. The molecule has 0 radical (unpaired) electrons. The number of nitrogens with one attached hydrogen (secondary N) is 1. The number of hydrogen-bond acceptors (Lipinski definition) is 2. The second kappa shape index (κ2) is 7.83. The summed E-state index contributed by atoms with van der Waals surface area (Å²) in [5.41, 5.74) is 0. The normalized spacial score (nSPS) is 13.6. The van der Waals surface area contributed by atoms with Crippen LogP contribution in [0, 0.1) is 0 Å². The molecule has 0 aromatic heterocycles. The third-order valence-corrected chi connectivity index (χ3v) is 3.77. The molecule has 22 heavy (non-hydrogen) atoms. The largest absolute Gasteiger partial charge is 0.481 e. The lowest BCUT2D eigenvalue weighted by Gasteiger charge is -2.20. The molecule has 2 atom stereocenters. The van der Waals surface area contributed by atoms with E-state index < -0.39 is 6.10 Å². The standard InChI is InChI=1S/C19H25NO2/c1-4-8-14(3)20-19(21)18(5-2)22-17-12-11-15-9-6-7-10-16(15)13-17/h6-7,9-14,18H,4-5,8H2,1-3H3,(H,20,21). The van der Waals surface area contributed by atoms with Gasteiger partial charge in [-0.1, -0.05) is 50.6 Å². The van der Waals surface area contributed by atoms with Crippen LogP contribution < -0.4 is 10.1 Å². The fourth-order valence-electron chi connectivity index (χ4n) is 2.57. The van der Waals surface area contributed by atoms with E-state index in [1.165, 1.54) is 5.39 Å². The van der Waals surface area contributed by atoms with E-state index in [2.05, 4.69) is 18.3 Å². The third kappa shape index (κ3) is 4.23. The molecular weight excluding hydrogens is 274 g/mol. The summed E-state index contributed by atoms with van der Waals surface area (Å²) >= 11 is 0. The van der Waals surface area contributed by atoms with Crippen LogP contribution in [-0.4, -0.2) is 18.1 Å². The van der Waals surface area contributed by atoms with Gasteiger partial charge in [0.25, 0.3) is 5.91 Å². The number of carbonyl (C=O) groups is 1. The highest BCUT2D eigenvalue weighted by Gasteiger charge is 2.19. The Balaban J connectivity index is 2.06. The SMILES string of the molecule is CCCC(C)NC(=O)C(CC)Oc1ccc2ccccc2c1. The summed E-state index contributed by atoms with van der Waals surface area (Å²) in [7, 11) is 0. The van der Waals surface area contributed by atoms with Crippen molar-refractivity contribution in [2.45, 2.75) is 52.2 Å². The number of carbonyl (C=O) groups excluding carboxylic acids is 1. The van der Waals surface area contributed by atoms with Gasteiger partial charge in [-0.3, -0.25) is 4.79 Å². The Kier molecular flexibility index (Phi) is 5.82. The van der Waals surface area contributed by atoms with Gasteiger partial charge in [0.15, 0.2) is 6.10 Å². The second-order valence-electron chi connectivity index (χ2n) is 5.72. The third-order valence-electron chi connectivity index (χ3n) is 3.77. The fraction of sp³-hybridized carbons (Fsp3) is 0.421. The number of benzene rings is 2. The topological polar surface area (TPSA) is 38.3 Å². The van der Waals surface area contributed by atoms with Crippen molar-refractivity contribution < 1.29 is 9.53 Å². The van der Waals surface area contributed by atoms with Crippen LogP contribution in [-0.2, 0) is 4.79 Å². The van der Waals surface area contributed by atoms with E-state index in [1.54, 1.807) is 0 Å². The first-order valence-corrected chi connectivity index (χ1v) is 8.09. The highest BCUT2D eigenvalue weighted by molar-refractivity contribution is 5.84. The molecule has 0 spiro atoms. The van der Waals surface area contributed by atoms with Gasteiger partial charge in [0.1, 0.15) is 5.75 Å². The minimum atomic E-state index is -0.444. The highest BCUT2D eigenvalue weighted by atomic mass is 16.5. The van der Waals surface area contributed by atoms with E-state index in [0.717, 1.165) is 24.0 Å². The van der Waals surface area contributed by atoms with Crippen molar-refractivity contribution in [2.75, 3.05) is 0 Å². The zero-order valence-electron chi connectivity index (χ0n) is 13.6. The molecule has 0 aliphatic rings. The van der Waals surface area contributed by atoms with Crippen LogP contribution in [0.2, 0.25) is 0 Å². The maximum atomic E-state index is 12.3. The highest BCUT2D eigenvalue weighted by Crippen LogP contribution is 2.22. The minimum Gasteiger partial charge on any atom is -0.481 e.